The lowest BCUT2D eigenvalue weighted by atomic mass is 10.0. The predicted octanol–water partition coefficient (Wildman–Crippen LogP) is 1.74. The highest BCUT2D eigenvalue weighted by molar-refractivity contribution is 5.95. The molecule has 8 nitrogen and oxygen atoms in total. The molecule has 0 saturated carbocycles. The zero-order valence-electron chi connectivity index (χ0n) is 16.0. The van der Waals surface area contributed by atoms with Gasteiger partial charge in [-0.15, -0.1) is 0 Å². The molecule has 0 saturated heterocycles. The SMILES string of the molecule is Cn1cnc2c1c(=O)n(CC(=O)Nc1ccccc1-c1ccccc1)c(=O)n2C. The van der Waals surface area contributed by atoms with Crippen LogP contribution in [0.1, 0.15) is 0 Å². The Morgan fingerprint density at radius 1 is 1.00 bits per heavy atom. The van der Waals surface area contributed by atoms with Crippen molar-refractivity contribution in [1.82, 2.24) is 18.7 Å². The predicted molar refractivity (Wildman–Crippen MR) is 111 cm³/mol. The summed E-state index contributed by atoms with van der Waals surface area (Å²) in [4.78, 5) is 42.1. The Kier molecular flexibility index (Phi) is 4.59. The van der Waals surface area contributed by atoms with Gasteiger partial charge in [0.15, 0.2) is 11.2 Å². The topological polar surface area (TPSA) is 90.9 Å². The summed E-state index contributed by atoms with van der Waals surface area (Å²) in [5, 5.41) is 2.82. The number of imidazole rings is 1. The van der Waals surface area contributed by atoms with Crippen LogP contribution < -0.4 is 16.6 Å². The molecule has 146 valence electrons. The van der Waals surface area contributed by atoms with E-state index in [0.717, 1.165) is 15.7 Å². The Hall–Kier alpha value is -3.94. The summed E-state index contributed by atoms with van der Waals surface area (Å²) in [5.41, 5.74) is 1.83. The fraction of sp³-hybridized carbons (Fsp3) is 0.143. The Labute approximate surface area is 165 Å². The summed E-state index contributed by atoms with van der Waals surface area (Å²) in [6.45, 7) is -0.393. The lowest BCUT2D eigenvalue weighted by molar-refractivity contribution is -0.116. The number of rotatable bonds is 4. The van der Waals surface area contributed by atoms with Crippen molar-refractivity contribution >= 4 is 22.8 Å². The Balaban J connectivity index is 1.68. The number of benzene rings is 2. The van der Waals surface area contributed by atoms with Crippen LogP contribution in [0.4, 0.5) is 5.69 Å². The highest BCUT2D eigenvalue weighted by atomic mass is 16.2. The lowest BCUT2D eigenvalue weighted by Gasteiger charge is -2.12. The lowest BCUT2D eigenvalue weighted by Crippen LogP contribution is -2.42. The van der Waals surface area contributed by atoms with E-state index in [2.05, 4.69) is 10.3 Å². The van der Waals surface area contributed by atoms with E-state index in [0.29, 0.717) is 5.69 Å². The van der Waals surface area contributed by atoms with E-state index in [-0.39, 0.29) is 11.2 Å². The maximum Gasteiger partial charge on any atom is 0.332 e. The molecule has 2 aromatic heterocycles. The summed E-state index contributed by atoms with van der Waals surface area (Å²) >= 11 is 0. The molecule has 4 rings (SSSR count). The monoisotopic (exact) mass is 389 g/mol. The van der Waals surface area contributed by atoms with Crippen molar-refractivity contribution in [3.8, 4) is 11.1 Å². The van der Waals surface area contributed by atoms with Crippen molar-refractivity contribution in [2.24, 2.45) is 14.1 Å². The largest absolute Gasteiger partial charge is 0.332 e. The van der Waals surface area contributed by atoms with Crippen molar-refractivity contribution in [2.45, 2.75) is 6.54 Å². The molecule has 1 amide bonds. The maximum absolute atomic E-state index is 12.8. The molecule has 0 spiro atoms. The van der Waals surface area contributed by atoms with Crippen LogP contribution in [0, 0.1) is 0 Å². The number of hydrogen-bond acceptors (Lipinski definition) is 4. The molecule has 4 aromatic rings. The minimum Gasteiger partial charge on any atom is -0.328 e. The minimum absolute atomic E-state index is 0.268. The molecule has 0 aliphatic carbocycles. The van der Waals surface area contributed by atoms with Crippen molar-refractivity contribution in [2.75, 3.05) is 5.32 Å². The number of para-hydroxylation sites is 1. The fourth-order valence-electron chi connectivity index (χ4n) is 3.33. The standard InChI is InChI=1S/C21H19N5O3/c1-24-13-22-19-18(24)20(28)26(21(29)25(19)2)12-17(27)23-16-11-7-6-10-15(16)14-8-4-3-5-9-14/h3-11,13H,12H2,1-2H3,(H,23,27). The summed E-state index contributed by atoms with van der Waals surface area (Å²) in [5.74, 6) is -0.464. The van der Waals surface area contributed by atoms with Gasteiger partial charge in [-0.1, -0.05) is 48.5 Å². The van der Waals surface area contributed by atoms with Gasteiger partial charge in [0, 0.05) is 25.3 Å². The van der Waals surface area contributed by atoms with E-state index >= 15 is 0 Å². The van der Waals surface area contributed by atoms with Crippen LogP contribution in [-0.4, -0.2) is 24.6 Å². The van der Waals surface area contributed by atoms with E-state index in [1.165, 1.54) is 22.5 Å². The molecule has 8 heteroatoms. The minimum atomic E-state index is -0.590. The van der Waals surface area contributed by atoms with Gasteiger partial charge in [0.25, 0.3) is 5.56 Å². The Bertz CT molecular complexity index is 1330. The molecule has 0 atom stereocenters. The van der Waals surface area contributed by atoms with Gasteiger partial charge in [-0.2, -0.15) is 0 Å². The smallest absolute Gasteiger partial charge is 0.328 e. The third-order valence-corrected chi connectivity index (χ3v) is 4.79. The van der Waals surface area contributed by atoms with E-state index < -0.39 is 23.7 Å². The second-order valence-electron chi connectivity index (χ2n) is 6.72. The first-order valence-electron chi connectivity index (χ1n) is 9.02. The molecular formula is C21H19N5O3. The molecule has 1 N–H and O–H groups in total. The number of carbonyl (C=O) groups is 1. The molecule has 0 unspecified atom stereocenters. The second kappa shape index (κ2) is 7.23. The third-order valence-electron chi connectivity index (χ3n) is 4.79. The second-order valence-corrected chi connectivity index (χ2v) is 6.72. The zero-order chi connectivity index (χ0) is 20.5. The van der Waals surface area contributed by atoms with Crippen molar-refractivity contribution in [3.63, 3.8) is 0 Å². The number of carbonyl (C=O) groups excluding carboxylic acids is 1. The molecule has 0 radical (unpaired) electrons. The van der Waals surface area contributed by atoms with E-state index in [1.54, 1.807) is 13.1 Å². The summed E-state index contributed by atoms with van der Waals surface area (Å²) < 4.78 is 3.72. The van der Waals surface area contributed by atoms with Gasteiger partial charge in [-0.05, 0) is 11.6 Å². The molecule has 0 aliphatic heterocycles. The fourth-order valence-corrected chi connectivity index (χ4v) is 3.33. The van der Waals surface area contributed by atoms with Crippen molar-refractivity contribution < 1.29 is 4.79 Å². The van der Waals surface area contributed by atoms with Crippen LogP contribution in [0.5, 0.6) is 0 Å². The molecule has 0 bridgehead atoms. The first-order chi connectivity index (χ1) is 14.0. The van der Waals surface area contributed by atoms with E-state index in [9.17, 15) is 14.4 Å². The van der Waals surface area contributed by atoms with Crippen molar-refractivity contribution in [3.05, 3.63) is 81.8 Å². The molecular weight excluding hydrogens is 370 g/mol. The van der Waals surface area contributed by atoms with E-state index in [1.807, 2.05) is 48.5 Å². The first-order valence-corrected chi connectivity index (χ1v) is 9.02. The zero-order valence-corrected chi connectivity index (χ0v) is 16.0. The normalized spacial score (nSPS) is 11.0. The van der Waals surface area contributed by atoms with Crippen molar-refractivity contribution in [1.29, 1.82) is 0 Å². The maximum atomic E-state index is 12.8. The summed E-state index contributed by atoms with van der Waals surface area (Å²) in [7, 11) is 3.19. The van der Waals surface area contributed by atoms with Gasteiger partial charge in [-0.3, -0.25) is 14.2 Å². The molecule has 0 aliphatic rings. The Morgan fingerprint density at radius 2 is 1.69 bits per heavy atom. The Morgan fingerprint density at radius 3 is 2.45 bits per heavy atom. The van der Waals surface area contributed by atoms with Crippen LogP contribution in [0.2, 0.25) is 0 Å². The number of aromatic nitrogens is 4. The molecule has 2 aromatic carbocycles. The average molecular weight is 389 g/mol. The summed E-state index contributed by atoms with van der Waals surface area (Å²) in [6, 6.07) is 17.0. The van der Waals surface area contributed by atoms with Crippen LogP contribution in [0.25, 0.3) is 22.3 Å². The number of anilines is 1. The van der Waals surface area contributed by atoms with Gasteiger partial charge in [-0.25, -0.2) is 14.3 Å². The van der Waals surface area contributed by atoms with Crippen LogP contribution in [0.3, 0.4) is 0 Å². The molecule has 0 fully saturated rings. The summed E-state index contributed by atoms with van der Waals surface area (Å²) in [6.07, 6.45) is 1.46. The third kappa shape index (κ3) is 3.25. The highest BCUT2D eigenvalue weighted by Crippen LogP contribution is 2.27. The first kappa shape index (κ1) is 18.4. The van der Waals surface area contributed by atoms with Gasteiger partial charge >= 0.3 is 5.69 Å². The van der Waals surface area contributed by atoms with Gasteiger partial charge < -0.3 is 9.88 Å². The van der Waals surface area contributed by atoms with Gasteiger partial charge in [0.1, 0.15) is 6.54 Å². The number of nitrogens with zero attached hydrogens (tertiary/aromatic N) is 4. The van der Waals surface area contributed by atoms with Gasteiger partial charge in [0.2, 0.25) is 5.91 Å². The number of fused-ring (bicyclic) bond motifs is 1. The van der Waals surface area contributed by atoms with Crippen LogP contribution in [0.15, 0.2) is 70.5 Å². The van der Waals surface area contributed by atoms with Crippen LogP contribution >= 0.6 is 0 Å². The average Bonchev–Trinajstić information content (AvgIpc) is 3.12. The number of aryl methyl sites for hydroxylation is 2. The number of hydrogen-bond donors (Lipinski definition) is 1. The number of nitrogens with one attached hydrogen (secondary N) is 1. The van der Waals surface area contributed by atoms with Gasteiger partial charge in [0.05, 0.1) is 6.33 Å². The molecule has 29 heavy (non-hydrogen) atoms. The van der Waals surface area contributed by atoms with E-state index in [4.69, 9.17) is 0 Å². The molecule has 2 heterocycles. The highest BCUT2D eigenvalue weighted by Gasteiger charge is 2.17. The number of amides is 1. The van der Waals surface area contributed by atoms with Crippen LogP contribution in [-0.2, 0) is 25.4 Å². The quantitative estimate of drug-likeness (QED) is 0.576.